The molecule has 0 aliphatic carbocycles. The van der Waals surface area contributed by atoms with Gasteiger partial charge in [0.05, 0.1) is 10.8 Å². The van der Waals surface area contributed by atoms with E-state index in [1.54, 1.807) is 17.0 Å². The van der Waals surface area contributed by atoms with Crippen molar-refractivity contribution in [2.24, 2.45) is 5.92 Å². The summed E-state index contributed by atoms with van der Waals surface area (Å²) in [6, 6.07) is 12.3. The Kier molecular flexibility index (Phi) is 7.04. The summed E-state index contributed by atoms with van der Waals surface area (Å²) in [5.74, 6) is -0.703. The first-order valence-electron chi connectivity index (χ1n) is 11.5. The standard InChI is InChI=1S/C25H30N4O4S/c1-3-11-27-34(32,33)21-7-5-20(6-8-21)28-25(31)19-14-24(30)29(16-19)12-10-18-15-26-23-9-4-17(2)13-22(18)23/h4-9,13,15,19,26-27H,3,10-12,14,16H2,1-2H3,(H,28,31)/t19-/m1/s1. The molecule has 2 amide bonds. The molecule has 2 heterocycles. The number of fused-ring (bicyclic) bond motifs is 1. The van der Waals surface area contributed by atoms with Crippen LogP contribution in [0.4, 0.5) is 5.69 Å². The van der Waals surface area contributed by atoms with Crippen molar-refractivity contribution in [3.8, 4) is 0 Å². The van der Waals surface area contributed by atoms with Crippen molar-refractivity contribution in [2.75, 3.05) is 25.0 Å². The van der Waals surface area contributed by atoms with Crippen LogP contribution in [0.5, 0.6) is 0 Å². The molecular formula is C25H30N4O4S. The van der Waals surface area contributed by atoms with E-state index in [1.807, 2.05) is 13.1 Å². The Morgan fingerprint density at radius 3 is 2.68 bits per heavy atom. The Hall–Kier alpha value is -3.17. The molecule has 1 atom stereocenters. The van der Waals surface area contributed by atoms with E-state index in [-0.39, 0.29) is 23.1 Å². The summed E-state index contributed by atoms with van der Waals surface area (Å²) in [4.78, 5) is 30.4. The van der Waals surface area contributed by atoms with E-state index < -0.39 is 15.9 Å². The van der Waals surface area contributed by atoms with Gasteiger partial charge in [0.15, 0.2) is 0 Å². The van der Waals surface area contributed by atoms with Crippen LogP contribution >= 0.6 is 0 Å². The minimum Gasteiger partial charge on any atom is -0.361 e. The van der Waals surface area contributed by atoms with Crippen molar-refractivity contribution in [1.29, 1.82) is 0 Å². The van der Waals surface area contributed by atoms with E-state index in [4.69, 9.17) is 0 Å². The van der Waals surface area contributed by atoms with E-state index in [0.29, 0.717) is 38.2 Å². The van der Waals surface area contributed by atoms with Gasteiger partial charge in [-0.05, 0) is 61.7 Å². The fraction of sp³-hybridized carbons (Fsp3) is 0.360. The zero-order chi connectivity index (χ0) is 24.3. The van der Waals surface area contributed by atoms with Gasteiger partial charge < -0.3 is 15.2 Å². The number of aromatic amines is 1. The molecule has 1 fully saturated rings. The van der Waals surface area contributed by atoms with E-state index in [0.717, 1.165) is 16.5 Å². The van der Waals surface area contributed by atoms with Crippen molar-refractivity contribution in [3.63, 3.8) is 0 Å². The van der Waals surface area contributed by atoms with Crippen LogP contribution in [0, 0.1) is 12.8 Å². The van der Waals surface area contributed by atoms with Crippen LogP contribution < -0.4 is 10.0 Å². The van der Waals surface area contributed by atoms with Crippen LogP contribution in [0.2, 0.25) is 0 Å². The number of H-pyrrole nitrogens is 1. The number of nitrogens with one attached hydrogen (secondary N) is 3. The number of aryl methyl sites for hydroxylation is 1. The molecule has 1 aliphatic heterocycles. The van der Waals surface area contributed by atoms with Crippen LogP contribution in [-0.4, -0.2) is 49.8 Å². The van der Waals surface area contributed by atoms with Crippen LogP contribution in [0.15, 0.2) is 53.6 Å². The highest BCUT2D eigenvalue weighted by Gasteiger charge is 2.34. The summed E-state index contributed by atoms with van der Waals surface area (Å²) in [6.45, 7) is 5.24. The first kappa shape index (κ1) is 24.0. The average molecular weight is 483 g/mol. The van der Waals surface area contributed by atoms with Crippen molar-refractivity contribution < 1.29 is 18.0 Å². The number of amides is 2. The normalized spacial score (nSPS) is 16.4. The summed E-state index contributed by atoms with van der Waals surface area (Å²) >= 11 is 0. The predicted molar refractivity (Wildman–Crippen MR) is 132 cm³/mol. The van der Waals surface area contributed by atoms with E-state index in [2.05, 4.69) is 40.1 Å². The van der Waals surface area contributed by atoms with Crippen LogP contribution in [0.25, 0.3) is 10.9 Å². The predicted octanol–water partition coefficient (Wildman–Crippen LogP) is 3.19. The highest BCUT2D eigenvalue weighted by atomic mass is 32.2. The number of carbonyl (C=O) groups is 2. The lowest BCUT2D eigenvalue weighted by Crippen LogP contribution is -2.30. The number of carbonyl (C=O) groups excluding carboxylic acids is 2. The fourth-order valence-electron chi connectivity index (χ4n) is 4.20. The van der Waals surface area contributed by atoms with Crippen LogP contribution in [0.3, 0.4) is 0 Å². The maximum atomic E-state index is 12.7. The van der Waals surface area contributed by atoms with Crippen molar-refractivity contribution in [3.05, 3.63) is 59.8 Å². The SMILES string of the molecule is CCCNS(=O)(=O)c1ccc(NC(=O)[C@@H]2CC(=O)N(CCc3c[nH]c4ccc(C)cc34)C2)cc1. The number of aromatic nitrogens is 1. The molecule has 2 aromatic carbocycles. The molecule has 8 nitrogen and oxygen atoms in total. The van der Waals surface area contributed by atoms with Gasteiger partial charge in [-0.2, -0.15) is 0 Å². The molecule has 4 rings (SSSR count). The molecule has 3 aromatic rings. The van der Waals surface area contributed by atoms with Gasteiger partial charge in [0.1, 0.15) is 0 Å². The van der Waals surface area contributed by atoms with Gasteiger partial charge in [-0.25, -0.2) is 13.1 Å². The Balaban J connectivity index is 1.33. The van der Waals surface area contributed by atoms with Crippen molar-refractivity contribution >= 4 is 38.4 Å². The average Bonchev–Trinajstić information content (AvgIpc) is 3.39. The molecule has 1 aliphatic rings. The number of anilines is 1. The molecule has 0 spiro atoms. The fourth-order valence-corrected chi connectivity index (χ4v) is 5.33. The number of sulfonamides is 1. The largest absolute Gasteiger partial charge is 0.361 e. The number of rotatable bonds is 9. The molecule has 0 bridgehead atoms. The lowest BCUT2D eigenvalue weighted by molar-refractivity contribution is -0.128. The monoisotopic (exact) mass is 482 g/mol. The first-order chi connectivity index (χ1) is 16.3. The second-order valence-electron chi connectivity index (χ2n) is 8.77. The highest BCUT2D eigenvalue weighted by Crippen LogP contribution is 2.24. The third-order valence-corrected chi connectivity index (χ3v) is 7.61. The first-order valence-corrected chi connectivity index (χ1v) is 13.0. The summed E-state index contributed by atoms with van der Waals surface area (Å²) in [5, 5.41) is 3.97. The summed E-state index contributed by atoms with van der Waals surface area (Å²) in [5.41, 5.74) is 3.91. The number of nitrogens with zero attached hydrogens (tertiary/aromatic N) is 1. The van der Waals surface area contributed by atoms with Gasteiger partial charge in [0, 0.05) is 48.8 Å². The topological polar surface area (TPSA) is 111 Å². The minimum atomic E-state index is -3.56. The molecule has 180 valence electrons. The molecular weight excluding hydrogens is 452 g/mol. The van der Waals surface area contributed by atoms with Gasteiger partial charge >= 0.3 is 0 Å². The Morgan fingerprint density at radius 1 is 1.18 bits per heavy atom. The van der Waals surface area contributed by atoms with Gasteiger partial charge in [-0.1, -0.05) is 18.6 Å². The Morgan fingerprint density at radius 2 is 1.94 bits per heavy atom. The molecule has 1 saturated heterocycles. The van der Waals surface area contributed by atoms with Crippen LogP contribution in [-0.2, 0) is 26.0 Å². The van der Waals surface area contributed by atoms with Gasteiger partial charge in [0.25, 0.3) is 0 Å². The second-order valence-corrected chi connectivity index (χ2v) is 10.5. The molecule has 1 aromatic heterocycles. The third kappa shape index (κ3) is 5.31. The quantitative estimate of drug-likeness (QED) is 0.435. The lowest BCUT2D eigenvalue weighted by Gasteiger charge is -2.16. The van der Waals surface area contributed by atoms with Gasteiger partial charge in [-0.15, -0.1) is 0 Å². The maximum absolute atomic E-state index is 12.7. The van der Waals surface area contributed by atoms with E-state index in [1.165, 1.54) is 17.7 Å². The number of likely N-dealkylation sites (tertiary alicyclic amines) is 1. The van der Waals surface area contributed by atoms with Crippen molar-refractivity contribution in [2.45, 2.75) is 38.0 Å². The molecule has 0 saturated carbocycles. The zero-order valence-corrected chi connectivity index (χ0v) is 20.2. The van der Waals surface area contributed by atoms with Crippen LogP contribution in [0.1, 0.15) is 30.9 Å². The molecule has 0 unspecified atom stereocenters. The summed E-state index contributed by atoms with van der Waals surface area (Å²) in [6.07, 6.45) is 3.57. The molecule has 9 heteroatoms. The number of benzene rings is 2. The highest BCUT2D eigenvalue weighted by molar-refractivity contribution is 7.89. The summed E-state index contributed by atoms with van der Waals surface area (Å²) in [7, 11) is -3.56. The number of hydrogen-bond donors (Lipinski definition) is 3. The molecule has 3 N–H and O–H groups in total. The summed E-state index contributed by atoms with van der Waals surface area (Å²) < 4.78 is 26.9. The third-order valence-electron chi connectivity index (χ3n) is 6.13. The second kappa shape index (κ2) is 9.99. The Bertz CT molecular complexity index is 1300. The van der Waals surface area contributed by atoms with Crippen molar-refractivity contribution in [1.82, 2.24) is 14.6 Å². The maximum Gasteiger partial charge on any atom is 0.240 e. The minimum absolute atomic E-state index is 0.0281. The molecule has 0 radical (unpaired) electrons. The smallest absolute Gasteiger partial charge is 0.240 e. The lowest BCUT2D eigenvalue weighted by atomic mass is 10.1. The van der Waals surface area contributed by atoms with E-state index in [9.17, 15) is 18.0 Å². The van der Waals surface area contributed by atoms with E-state index >= 15 is 0 Å². The zero-order valence-electron chi connectivity index (χ0n) is 19.4. The number of hydrogen-bond acceptors (Lipinski definition) is 4. The Labute approximate surface area is 199 Å². The van der Waals surface area contributed by atoms with Gasteiger partial charge in [0.2, 0.25) is 21.8 Å². The molecule has 34 heavy (non-hydrogen) atoms. The van der Waals surface area contributed by atoms with Gasteiger partial charge in [-0.3, -0.25) is 9.59 Å².